The number of ketones is 2. The van der Waals surface area contributed by atoms with Crippen LogP contribution in [0.15, 0.2) is 122 Å². The van der Waals surface area contributed by atoms with E-state index in [-0.39, 0.29) is 11.1 Å². The molecule has 16 nitrogen and oxygen atoms in total. The van der Waals surface area contributed by atoms with E-state index in [1.54, 1.807) is 36.7 Å². The van der Waals surface area contributed by atoms with Gasteiger partial charge < -0.3 is 21.7 Å². The van der Waals surface area contributed by atoms with Crippen LogP contribution < -0.4 is 21.7 Å². The number of hydrogen-bond acceptors (Lipinski definition) is 12. The smallest absolute Gasteiger partial charge is 0.369 e. The van der Waals surface area contributed by atoms with Crippen LogP contribution in [0.25, 0.3) is 22.1 Å². The monoisotopic (exact) mass is 1080 g/mol. The van der Waals surface area contributed by atoms with Gasteiger partial charge >= 0.3 is 36.3 Å². The molecule has 0 aliphatic carbocycles. The fourth-order valence-electron chi connectivity index (χ4n) is 5.98. The van der Waals surface area contributed by atoms with E-state index in [1.165, 1.54) is 36.9 Å². The number of carbonyl (C=O) groups excluding carboxylic acids is 4. The van der Waals surface area contributed by atoms with E-state index in [0.29, 0.717) is 53.2 Å². The van der Waals surface area contributed by atoms with Crippen LogP contribution in [-0.2, 0) is 34.8 Å². The molecule has 0 aliphatic heterocycles. The van der Waals surface area contributed by atoms with Crippen LogP contribution in [0.1, 0.15) is 43.0 Å². The highest BCUT2D eigenvalue weighted by atomic mass is 35.5. The van der Waals surface area contributed by atoms with Gasteiger partial charge in [-0.25, -0.2) is 19.9 Å². The topological polar surface area (TPSA) is 239 Å². The van der Waals surface area contributed by atoms with E-state index in [1.807, 2.05) is 24.3 Å². The van der Waals surface area contributed by atoms with E-state index >= 15 is 0 Å². The Hall–Kier alpha value is -8.53. The molecule has 4 aromatic carbocycles. The molecular weight excluding hydrogens is 1050 g/mol. The first-order valence-corrected chi connectivity index (χ1v) is 21.4. The Kier molecular flexibility index (Phi) is 19.1. The Balaban J connectivity index is 0.000000204. The highest BCUT2D eigenvalue weighted by Gasteiger charge is 2.54. The predicted octanol–water partition coefficient (Wildman–Crippen LogP) is 9.99. The number of nitrogens with zero attached hydrogens (tertiary/aromatic N) is 6. The van der Waals surface area contributed by atoms with E-state index < -0.39 is 59.2 Å². The van der Waals surface area contributed by atoms with Gasteiger partial charge in [0.05, 0.1) is 34.3 Å². The number of carbonyl (C=O) groups is 4. The number of aromatic nitrogens is 8. The van der Waals surface area contributed by atoms with Gasteiger partial charge in [0.2, 0.25) is 0 Å². The quantitative estimate of drug-likeness (QED) is 0.0403. The third kappa shape index (κ3) is 17.0. The molecule has 4 aromatic heterocycles. The average Bonchev–Trinajstić information content (AvgIpc) is 4.06. The van der Waals surface area contributed by atoms with Crippen LogP contribution in [0.3, 0.4) is 0 Å². The standard InChI is InChI=1S/C21H17F3N6O.C16H15F3N2O.C5H3ClN4.C4F6O2/c22-21(23,24)15-3-1-2-14(10-15)20(31)29-16-6-4-13(5-7-16)8-9-25-18-17-11-28-30-19(17)27-12-26-18;17-16(18,19)13-3-1-2-12(10-13)15(22)21-14-6-4-11(5-7-14)8-9-20;6-4-3-1-9-10-5(3)8-2-7-4;5-3(6,7)1(11)2(12)4(8,9)10/h1-7,10-12H,8-9H2,(H,29,31)(H2,25,26,27,28,30);1-7,10H,8-9,20H2,(H,21,22);1-2H,(H,7,8,9,10);. The zero-order valence-electron chi connectivity index (χ0n) is 37.7. The molecule has 0 saturated heterocycles. The number of anilines is 3. The third-order valence-electron chi connectivity index (χ3n) is 9.64. The first-order chi connectivity index (χ1) is 35.2. The Labute approximate surface area is 418 Å². The number of halogens is 13. The number of nitrogens with two attached hydrogens (primary N) is 1. The number of amides is 2. The number of benzene rings is 4. The number of Topliss-reactive ketones (excluding diaryl/α,β-unsaturated/α-hetero) is 2. The van der Waals surface area contributed by atoms with E-state index in [0.717, 1.165) is 52.6 Å². The van der Waals surface area contributed by atoms with Crippen LogP contribution in [0, 0.1) is 0 Å². The van der Waals surface area contributed by atoms with E-state index in [9.17, 15) is 71.9 Å². The number of hydrogen-bond donors (Lipinski definition) is 6. The van der Waals surface area contributed by atoms with E-state index in [4.69, 9.17) is 17.3 Å². The highest BCUT2D eigenvalue weighted by molar-refractivity contribution is 6.41. The summed E-state index contributed by atoms with van der Waals surface area (Å²) in [5, 5.41) is 23.6. The fraction of sp³-hybridized carbons (Fsp3) is 0.174. The zero-order chi connectivity index (χ0) is 55.1. The Morgan fingerprint density at radius 3 is 1.40 bits per heavy atom. The number of aromatic amines is 2. The van der Waals surface area contributed by atoms with Gasteiger partial charge in [-0.1, -0.05) is 48.0 Å². The van der Waals surface area contributed by atoms with Crippen molar-refractivity contribution in [1.82, 2.24) is 40.3 Å². The molecule has 0 aliphatic rings. The largest absolute Gasteiger partial charge is 0.458 e. The molecule has 0 radical (unpaired) electrons. The lowest BCUT2D eigenvalue weighted by molar-refractivity contribution is -0.193. The summed E-state index contributed by atoms with van der Waals surface area (Å²) in [6.45, 7) is 1.14. The Bertz CT molecular complexity index is 3190. The van der Waals surface area contributed by atoms with Gasteiger partial charge in [-0.05, 0) is 91.2 Å². The predicted molar refractivity (Wildman–Crippen MR) is 247 cm³/mol. The van der Waals surface area contributed by atoms with Crippen molar-refractivity contribution in [2.75, 3.05) is 29.0 Å². The summed E-state index contributed by atoms with van der Waals surface area (Å²) < 4.78 is 143. The van der Waals surface area contributed by atoms with Crippen LogP contribution in [-0.4, -0.2) is 89.2 Å². The van der Waals surface area contributed by atoms with Crippen LogP contribution in [0.5, 0.6) is 0 Å². The second kappa shape index (κ2) is 24.9. The molecule has 0 spiro atoms. The number of fused-ring (bicyclic) bond motifs is 2. The molecule has 0 unspecified atom stereocenters. The van der Waals surface area contributed by atoms with Crippen molar-refractivity contribution in [3.63, 3.8) is 0 Å². The lowest BCUT2D eigenvalue weighted by atomic mass is 10.1. The van der Waals surface area contributed by atoms with Gasteiger partial charge in [0, 0.05) is 29.0 Å². The van der Waals surface area contributed by atoms with Gasteiger partial charge in [-0.15, -0.1) is 0 Å². The molecule has 0 bridgehead atoms. The number of H-pyrrole nitrogens is 2. The SMILES string of the molecule is Clc1ncnc2[nH]ncc12.NCCc1ccc(NC(=O)c2cccc(C(F)(F)F)c2)cc1.O=C(C(=O)C(F)(F)F)C(F)(F)F.O=C(Nc1ccc(CCNc2ncnc3[nH]ncc23)cc1)c1cccc(C(F)(F)F)c1. The summed E-state index contributed by atoms with van der Waals surface area (Å²) in [7, 11) is 0. The van der Waals surface area contributed by atoms with Crippen LogP contribution in [0.4, 0.5) is 69.9 Å². The zero-order valence-corrected chi connectivity index (χ0v) is 38.4. The Morgan fingerprint density at radius 2 is 0.973 bits per heavy atom. The van der Waals surface area contributed by atoms with Gasteiger partial charge in [0.1, 0.15) is 23.6 Å². The van der Waals surface area contributed by atoms with Crippen LogP contribution >= 0.6 is 11.6 Å². The minimum absolute atomic E-state index is 0.0409. The lowest BCUT2D eigenvalue weighted by Gasteiger charge is -2.10. The van der Waals surface area contributed by atoms with Gasteiger partial charge in [0.15, 0.2) is 11.3 Å². The number of nitrogens with one attached hydrogen (secondary N) is 5. The summed E-state index contributed by atoms with van der Waals surface area (Å²) >= 11 is 5.69. The second-order valence-corrected chi connectivity index (χ2v) is 15.3. The van der Waals surface area contributed by atoms with Crippen molar-refractivity contribution in [1.29, 1.82) is 0 Å². The average molecular weight is 1080 g/mol. The molecular formula is C46H35ClF12N12O4. The minimum atomic E-state index is -5.77. The van der Waals surface area contributed by atoms with Crippen molar-refractivity contribution >= 4 is 74.2 Å². The molecule has 0 fully saturated rings. The van der Waals surface area contributed by atoms with Crippen molar-refractivity contribution in [3.8, 4) is 0 Å². The van der Waals surface area contributed by atoms with Crippen molar-refractivity contribution in [3.05, 3.63) is 161 Å². The maximum atomic E-state index is 12.8. The molecule has 0 atom stereocenters. The lowest BCUT2D eigenvalue weighted by Crippen LogP contribution is -2.39. The molecule has 75 heavy (non-hydrogen) atoms. The minimum Gasteiger partial charge on any atom is -0.369 e. The van der Waals surface area contributed by atoms with Crippen molar-refractivity contribution in [2.24, 2.45) is 5.73 Å². The summed E-state index contributed by atoms with van der Waals surface area (Å²) in [6.07, 6.45) is -13.0. The summed E-state index contributed by atoms with van der Waals surface area (Å²) in [4.78, 5) is 59.5. The molecule has 394 valence electrons. The van der Waals surface area contributed by atoms with Gasteiger partial charge in [0.25, 0.3) is 11.8 Å². The maximum Gasteiger partial charge on any atom is 0.458 e. The third-order valence-corrected chi connectivity index (χ3v) is 9.94. The van der Waals surface area contributed by atoms with Crippen molar-refractivity contribution < 1.29 is 71.9 Å². The van der Waals surface area contributed by atoms with E-state index in [2.05, 4.69) is 56.3 Å². The van der Waals surface area contributed by atoms with Gasteiger partial charge in [-0.3, -0.25) is 29.4 Å². The number of alkyl halides is 12. The highest BCUT2D eigenvalue weighted by Crippen LogP contribution is 2.31. The first kappa shape index (κ1) is 57.4. The summed E-state index contributed by atoms with van der Waals surface area (Å²) in [6, 6.07) is 22.7. The molecule has 0 saturated carbocycles. The Morgan fingerprint density at radius 1 is 0.547 bits per heavy atom. The maximum absolute atomic E-state index is 12.8. The molecule has 29 heteroatoms. The first-order valence-electron chi connectivity index (χ1n) is 21.0. The summed E-state index contributed by atoms with van der Waals surface area (Å²) in [5.74, 6) is -7.32. The molecule has 4 heterocycles. The molecule has 8 aromatic rings. The molecule has 7 N–H and O–H groups in total. The fourth-order valence-corrected chi connectivity index (χ4v) is 6.16. The second-order valence-electron chi connectivity index (χ2n) is 15.0. The number of rotatable bonds is 11. The molecule has 2 amide bonds. The molecule has 8 rings (SSSR count). The normalized spacial score (nSPS) is 11.5. The summed E-state index contributed by atoms with van der Waals surface area (Å²) in [5.41, 5.74) is 8.01. The van der Waals surface area contributed by atoms with Crippen molar-refractivity contribution in [2.45, 2.75) is 37.5 Å². The van der Waals surface area contributed by atoms with Crippen LogP contribution in [0.2, 0.25) is 5.15 Å². The van der Waals surface area contributed by atoms with Gasteiger partial charge in [-0.2, -0.15) is 62.9 Å².